The maximum absolute atomic E-state index is 11.3. The quantitative estimate of drug-likeness (QED) is 0.282. The average Bonchev–Trinajstić information content (AvgIpc) is 2.24. The topological polar surface area (TPSA) is 167 Å². The molecule has 110 valence electrons. The van der Waals surface area contributed by atoms with Crippen LogP contribution in [0.25, 0.3) is 0 Å². The Morgan fingerprint density at radius 3 is 1.27 bits per heavy atom. The Morgan fingerprint density at radius 2 is 1.05 bits per heavy atom. The molecule has 0 heterocycles. The fourth-order valence-corrected chi connectivity index (χ4v) is 1.66. The van der Waals surface area contributed by atoms with Gasteiger partial charge in [0.2, 0.25) is 0 Å². The molecule has 0 unspecified atom stereocenters. The molecule has 1 aromatic rings. The number of rotatable bonds is 4. The fraction of sp³-hybridized carbons (Fsp3) is 0. The van der Waals surface area contributed by atoms with E-state index < -0.39 is 43.9 Å². The average molecular weight is 370 g/mol. The number of hydrogen-bond acceptors (Lipinski definition) is 10. The van der Waals surface area contributed by atoms with Crippen LogP contribution in [0, 0.1) is 0 Å². The first-order valence-corrected chi connectivity index (χ1v) is 7.14. The van der Waals surface area contributed by atoms with Crippen molar-refractivity contribution < 1.29 is 103 Å². The standard InChI is InChI=1S/C8H6O10S2.2Na/c9-7(17-19(11,12)13)5-3-1-2-4-6(5)8(10)18-20(14,15)16;;/h1-4H,(H,11,12,13)(H,14,15,16);;/q;2*+1/p-2. The Kier molecular flexibility index (Phi) is 10.3. The first-order chi connectivity index (χ1) is 8.99. The molecular formula is C8H4Na2O10S2. The van der Waals surface area contributed by atoms with Crippen molar-refractivity contribution in [3.05, 3.63) is 35.4 Å². The molecule has 0 saturated heterocycles. The van der Waals surface area contributed by atoms with Gasteiger partial charge in [0.25, 0.3) is 20.8 Å². The molecule has 0 atom stereocenters. The second-order valence-corrected chi connectivity index (χ2v) is 5.07. The van der Waals surface area contributed by atoms with E-state index in [2.05, 4.69) is 8.37 Å². The summed E-state index contributed by atoms with van der Waals surface area (Å²) in [5.41, 5.74) is -1.53. The van der Waals surface area contributed by atoms with Gasteiger partial charge in [0, 0.05) is 0 Å². The van der Waals surface area contributed by atoms with Crippen LogP contribution in [0.3, 0.4) is 0 Å². The number of benzene rings is 1. The molecule has 1 rings (SSSR count). The van der Waals surface area contributed by atoms with E-state index in [4.69, 9.17) is 0 Å². The third-order valence-electron chi connectivity index (χ3n) is 1.72. The zero-order valence-corrected chi connectivity index (χ0v) is 16.8. The van der Waals surface area contributed by atoms with Crippen LogP contribution in [0.1, 0.15) is 20.7 Å². The van der Waals surface area contributed by atoms with Crippen LogP contribution in [0.15, 0.2) is 24.3 Å². The van der Waals surface area contributed by atoms with Gasteiger partial charge in [-0.3, -0.25) is 0 Å². The third-order valence-corrected chi connectivity index (χ3v) is 2.43. The van der Waals surface area contributed by atoms with Crippen molar-refractivity contribution >= 4 is 32.7 Å². The van der Waals surface area contributed by atoms with Gasteiger partial charge in [-0.25, -0.2) is 26.4 Å². The van der Waals surface area contributed by atoms with Crippen molar-refractivity contribution in [1.82, 2.24) is 0 Å². The second-order valence-electron chi connectivity index (χ2n) is 3.10. The summed E-state index contributed by atoms with van der Waals surface area (Å²) in [5.74, 6) is -3.45. The van der Waals surface area contributed by atoms with E-state index in [1.807, 2.05) is 0 Å². The molecule has 0 fully saturated rings. The van der Waals surface area contributed by atoms with Gasteiger partial charge in [-0.2, -0.15) is 0 Å². The molecule has 22 heavy (non-hydrogen) atoms. The van der Waals surface area contributed by atoms with Crippen LogP contribution < -0.4 is 59.1 Å². The van der Waals surface area contributed by atoms with Gasteiger partial charge < -0.3 is 17.5 Å². The predicted molar refractivity (Wildman–Crippen MR) is 56.7 cm³/mol. The molecular weight excluding hydrogens is 366 g/mol. The molecule has 0 N–H and O–H groups in total. The van der Waals surface area contributed by atoms with E-state index in [0.717, 1.165) is 24.3 Å². The van der Waals surface area contributed by atoms with Gasteiger partial charge in [0.05, 0.1) is 11.1 Å². The smallest absolute Gasteiger partial charge is 0.716 e. The minimum atomic E-state index is -5.38. The monoisotopic (exact) mass is 370 g/mol. The van der Waals surface area contributed by atoms with Crippen LogP contribution in [-0.4, -0.2) is 37.9 Å². The molecule has 14 heteroatoms. The van der Waals surface area contributed by atoms with Gasteiger partial charge >= 0.3 is 71.1 Å². The summed E-state index contributed by atoms with van der Waals surface area (Å²) in [4.78, 5) is 22.6. The molecule has 0 bridgehead atoms. The first-order valence-electron chi connectivity index (χ1n) is 4.48. The molecule has 0 spiro atoms. The number of hydrogen-bond donors (Lipinski definition) is 0. The fourth-order valence-electron chi connectivity index (χ4n) is 1.11. The Balaban J connectivity index is 0. The van der Waals surface area contributed by atoms with Crippen molar-refractivity contribution in [1.29, 1.82) is 0 Å². The summed E-state index contributed by atoms with van der Waals surface area (Å²) in [6, 6.07) is 4.05. The zero-order chi connectivity index (χ0) is 15.6. The molecule has 0 aliphatic heterocycles. The molecule has 10 nitrogen and oxygen atoms in total. The summed E-state index contributed by atoms with van der Waals surface area (Å²) in [7, 11) is -10.8. The Morgan fingerprint density at radius 1 is 0.773 bits per heavy atom. The van der Waals surface area contributed by atoms with Gasteiger partial charge in [-0.05, 0) is 12.1 Å². The summed E-state index contributed by atoms with van der Waals surface area (Å²) >= 11 is 0. The van der Waals surface area contributed by atoms with Gasteiger partial charge in [-0.1, -0.05) is 12.1 Å². The third kappa shape index (κ3) is 8.57. The largest absolute Gasteiger partial charge is 1.00 e. The van der Waals surface area contributed by atoms with E-state index in [9.17, 15) is 35.5 Å². The van der Waals surface area contributed by atoms with Crippen LogP contribution >= 0.6 is 0 Å². The van der Waals surface area contributed by atoms with Crippen molar-refractivity contribution in [2.24, 2.45) is 0 Å². The number of carbonyl (C=O) groups excluding carboxylic acids is 2. The molecule has 1 aromatic carbocycles. The van der Waals surface area contributed by atoms with E-state index in [1.54, 1.807) is 0 Å². The Bertz CT molecular complexity index is 690. The van der Waals surface area contributed by atoms with E-state index in [0.29, 0.717) is 0 Å². The van der Waals surface area contributed by atoms with Gasteiger partial charge in [0.1, 0.15) is 0 Å². The minimum Gasteiger partial charge on any atom is -0.716 e. The van der Waals surface area contributed by atoms with E-state index >= 15 is 0 Å². The normalized spacial score (nSPS) is 10.6. The zero-order valence-electron chi connectivity index (χ0n) is 11.2. The van der Waals surface area contributed by atoms with Crippen molar-refractivity contribution in [3.8, 4) is 0 Å². The van der Waals surface area contributed by atoms with Crippen LogP contribution in [0.5, 0.6) is 0 Å². The SMILES string of the molecule is O=C(OS(=O)(=O)[O-])c1ccccc1C(=O)OS(=O)(=O)[O-].[Na+].[Na+]. The summed E-state index contributed by atoms with van der Waals surface area (Å²) < 4.78 is 68.6. The Hall–Kier alpha value is -0.0200. The van der Waals surface area contributed by atoms with Crippen LogP contribution in [0.4, 0.5) is 0 Å². The van der Waals surface area contributed by atoms with Crippen LogP contribution in [-0.2, 0) is 29.2 Å². The molecule has 0 saturated carbocycles. The van der Waals surface area contributed by atoms with Crippen molar-refractivity contribution in [3.63, 3.8) is 0 Å². The summed E-state index contributed by atoms with van der Waals surface area (Å²) in [6.45, 7) is 0. The van der Waals surface area contributed by atoms with Crippen molar-refractivity contribution in [2.75, 3.05) is 0 Å². The summed E-state index contributed by atoms with van der Waals surface area (Å²) in [5, 5.41) is 0. The molecule has 0 radical (unpaired) electrons. The molecule has 0 aromatic heterocycles. The van der Waals surface area contributed by atoms with Gasteiger partial charge in [0.15, 0.2) is 0 Å². The van der Waals surface area contributed by atoms with E-state index in [-0.39, 0.29) is 59.1 Å². The minimum absolute atomic E-state index is 0. The van der Waals surface area contributed by atoms with Crippen molar-refractivity contribution in [2.45, 2.75) is 0 Å². The maximum atomic E-state index is 11.3. The molecule has 0 aliphatic rings. The molecule has 0 amide bonds. The van der Waals surface area contributed by atoms with Gasteiger partial charge in [-0.15, -0.1) is 0 Å². The Labute approximate surface area is 169 Å². The first kappa shape index (κ1) is 24.2. The second kappa shape index (κ2) is 9.32. The van der Waals surface area contributed by atoms with Crippen LogP contribution in [0.2, 0.25) is 0 Å². The van der Waals surface area contributed by atoms with E-state index in [1.165, 1.54) is 0 Å². The number of carbonyl (C=O) groups is 2. The summed E-state index contributed by atoms with van der Waals surface area (Å²) in [6.07, 6.45) is 0. The maximum Gasteiger partial charge on any atom is 1.00 e. The molecule has 0 aliphatic carbocycles. The predicted octanol–water partition coefficient (Wildman–Crippen LogP) is -7.07.